The molecule has 8 aromatic rings. The lowest BCUT2D eigenvalue weighted by Crippen LogP contribution is -2.13. The van der Waals surface area contributed by atoms with E-state index in [1.54, 1.807) is 60.7 Å². The van der Waals surface area contributed by atoms with Crippen molar-refractivity contribution in [1.29, 1.82) is 0 Å². The lowest BCUT2D eigenvalue weighted by molar-refractivity contribution is -0.115. The van der Waals surface area contributed by atoms with Gasteiger partial charge in [-0.05, 0) is 84.9 Å². The number of benzene rings is 6. The van der Waals surface area contributed by atoms with Gasteiger partial charge in [-0.1, -0.05) is 60.7 Å². The number of carbonyl (C=O) groups excluding carboxylic acids is 2. The van der Waals surface area contributed by atoms with Gasteiger partial charge in [-0.25, -0.2) is 16.8 Å². The fourth-order valence-corrected chi connectivity index (χ4v) is 8.16. The second-order valence-corrected chi connectivity index (χ2v) is 16.4. The highest BCUT2D eigenvalue weighted by Crippen LogP contribution is 2.31. The summed E-state index contributed by atoms with van der Waals surface area (Å²) in [5.41, 5.74) is 6.93. The largest absolute Gasteiger partial charge is 0.326 e. The van der Waals surface area contributed by atoms with Crippen LogP contribution < -0.4 is 20.1 Å². The molecule has 0 saturated heterocycles. The number of aromatic nitrogens is 4. The Morgan fingerprint density at radius 3 is 1.16 bits per heavy atom. The molecule has 6 N–H and O–H groups in total. The van der Waals surface area contributed by atoms with Crippen LogP contribution in [0.2, 0.25) is 0 Å². The molecule has 14 nitrogen and oxygen atoms in total. The SMILES string of the molecule is CC(=O)Nc1ccc(S(=O)(=O)Nc2ccc3[nH]nc(-c4ccccc4)c3c2)cc1.CC(=O)Nc1ccc(S(=O)(=O)Nc2ccc3[nH]nc(-c4ccccc4)c3c2)cc1. The summed E-state index contributed by atoms with van der Waals surface area (Å²) in [7, 11) is -7.56. The van der Waals surface area contributed by atoms with Crippen molar-refractivity contribution in [1.82, 2.24) is 20.4 Å². The van der Waals surface area contributed by atoms with Crippen LogP contribution in [0.4, 0.5) is 22.7 Å². The molecule has 0 aliphatic heterocycles. The molecule has 8 rings (SSSR count). The quantitative estimate of drug-likeness (QED) is 0.0796. The summed E-state index contributed by atoms with van der Waals surface area (Å²) in [5.74, 6) is -0.442. The molecule has 6 aromatic carbocycles. The van der Waals surface area contributed by atoms with Crippen molar-refractivity contribution in [2.24, 2.45) is 0 Å². The Morgan fingerprint density at radius 2 is 0.810 bits per heavy atom. The summed E-state index contributed by atoms with van der Waals surface area (Å²) in [6.07, 6.45) is 0. The molecule has 0 spiro atoms. The third kappa shape index (κ3) is 9.04. The van der Waals surface area contributed by atoms with Crippen LogP contribution in [-0.4, -0.2) is 49.0 Å². The third-order valence-electron chi connectivity index (χ3n) is 8.69. The van der Waals surface area contributed by atoms with Crippen molar-refractivity contribution in [3.05, 3.63) is 146 Å². The van der Waals surface area contributed by atoms with Gasteiger partial charge < -0.3 is 10.6 Å². The molecular weight excluding hydrogens is 777 g/mol. The molecule has 2 amide bonds. The van der Waals surface area contributed by atoms with Crippen molar-refractivity contribution >= 4 is 76.4 Å². The van der Waals surface area contributed by atoms with E-state index in [1.165, 1.54) is 38.1 Å². The molecule has 0 atom stereocenters. The summed E-state index contributed by atoms with van der Waals surface area (Å²) in [6.45, 7) is 2.78. The lowest BCUT2D eigenvalue weighted by atomic mass is 10.1. The molecule has 0 aliphatic carbocycles. The maximum atomic E-state index is 12.7. The monoisotopic (exact) mass is 812 g/mol. The molecule has 0 bridgehead atoms. The summed E-state index contributed by atoms with van der Waals surface area (Å²) in [5, 5.41) is 21.5. The van der Waals surface area contributed by atoms with Crippen LogP contribution >= 0.6 is 0 Å². The first kappa shape index (κ1) is 39.0. The van der Waals surface area contributed by atoms with Crippen molar-refractivity contribution in [3.63, 3.8) is 0 Å². The second kappa shape index (κ2) is 16.4. The highest BCUT2D eigenvalue weighted by atomic mass is 32.2. The Labute approximate surface area is 333 Å². The minimum Gasteiger partial charge on any atom is -0.326 e. The molecule has 0 saturated carbocycles. The minimum absolute atomic E-state index is 0.0992. The maximum Gasteiger partial charge on any atom is 0.261 e. The van der Waals surface area contributed by atoms with E-state index in [0.29, 0.717) is 22.7 Å². The van der Waals surface area contributed by atoms with Gasteiger partial charge in [0.1, 0.15) is 0 Å². The summed E-state index contributed by atoms with van der Waals surface area (Å²) < 4.78 is 56.2. The molecule has 58 heavy (non-hydrogen) atoms. The van der Waals surface area contributed by atoms with E-state index in [1.807, 2.05) is 60.7 Å². The summed E-state index contributed by atoms with van der Waals surface area (Å²) >= 11 is 0. The number of hydrogen-bond donors (Lipinski definition) is 6. The average molecular weight is 813 g/mol. The third-order valence-corrected chi connectivity index (χ3v) is 11.5. The average Bonchev–Trinajstić information content (AvgIpc) is 3.83. The van der Waals surface area contributed by atoms with E-state index in [-0.39, 0.29) is 21.6 Å². The van der Waals surface area contributed by atoms with Crippen molar-refractivity contribution in [2.75, 3.05) is 20.1 Å². The first-order valence-electron chi connectivity index (χ1n) is 17.7. The summed E-state index contributed by atoms with van der Waals surface area (Å²) in [4.78, 5) is 22.4. The molecule has 0 fully saturated rings. The Kier molecular flexibility index (Phi) is 11.0. The molecule has 0 unspecified atom stereocenters. The van der Waals surface area contributed by atoms with Crippen LogP contribution in [0.1, 0.15) is 13.8 Å². The molecule has 2 aromatic heterocycles. The van der Waals surface area contributed by atoms with Gasteiger partial charge in [-0.2, -0.15) is 10.2 Å². The van der Waals surface area contributed by atoms with E-state index >= 15 is 0 Å². The molecule has 292 valence electrons. The van der Waals surface area contributed by atoms with E-state index in [2.05, 4.69) is 40.5 Å². The Balaban J connectivity index is 0.000000177. The van der Waals surface area contributed by atoms with E-state index < -0.39 is 20.0 Å². The van der Waals surface area contributed by atoms with Crippen LogP contribution in [0.15, 0.2) is 155 Å². The smallest absolute Gasteiger partial charge is 0.261 e. The zero-order valence-corrected chi connectivity index (χ0v) is 32.6. The van der Waals surface area contributed by atoms with Gasteiger partial charge in [0.15, 0.2) is 0 Å². The number of anilines is 4. The molecular formula is C42H36N8O6S2. The van der Waals surface area contributed by atoms with E-state index in [4.69, 9.17) is 0 Å². The molecule has 0 radical (unpaired) electrons. The normalized spacial score (nSPS) is 11.3. The fourth-order valence-electron chi connectivity index (χ4n) is 6.06. The number of nitrogens with zero attached hydrogens (tertiary/aromatic N) is 2. The van der Waals surface area contributed by atoms with Crippen LogP contribution in [0.5, 0.6) is 0 Å². The highest BCUT2D eigenvalue weighted by Gasteiger charge is 2.18. The van der Waals surface area contributed by atoms with E-state index in [9.17, 15) is 26.4 Å². The number of aromatic amines is 2. The summed E-state index contributed by atoms with van der Waals surface area (Å²) in [6, 6.07) is 41.7. The van der Waals surface area contributed by atoms with Crippen molar-refractivity contribution in [2.45, 2.75) is 23.6 Å². The number of carbonyl (C=O) groups is 2. The first-order chi connectivity index (χ1) is 27.8. The van der Waals surface area contributed by atoms with Gasteiger partial charge in [0, 0.05) is 58.5 Å². The topological polar surface area (TPSA) is 208 Å². The van der Waals surface area contributed by atoms with Gasteiger partial charge in [0.05, 0.1) is 32.2 Å². The number of nitrogens with one attached hydrogen (secondary N) is 6. The van der Waals surface area contributed by atoms with Crippen molar-refractivity contribution in [3.8, 4) is 22.5 Å². The van der Waals surface area contributed by atoms with Crippen LogP contribution in [0.25, 0.3) is 44.3 Å². The van der Waals surface area contributed by atoms with Gasteiger partial charge in [0.2, 0.25) is 11.8 Å². The standard InChI is InChI=1S/2C21H18N4O3S/c2*1-14(26)22-16-7-10-18(11-8-16)29(27,28)25-17-9-12-20-19(13-17)21(24-23-20)15-5-3-2-4-6-15/h2*2-13,25H,1H3,(H,22,26)(H,23,24). The number of sulfonamides is 2. The molecule has 0 aliphatic rings. The first-order valence-corrected chi connectivity index (χ1v) is 20.7. The predicted octanol–water partition coefficient (Wildman–Crippen LogP) is 7.98. The lowest BCUT2D eigenvalue weighted by Gasteiger charge is -2.09. The van der Waals surface area contributed by atoms with E-state index in [0.717, 1.165) is 44.3 Å². The van der Waals surface area contributed by atoms with Crippen molar-refractivity contribution < 1.29 is 26.4 Å². The van der Waals surface area contributed by atoms with Crippen LogP contribution in [0, 0.1) is 0 Å². The predicted molar refractivity (Wildman–Crippen MR) is 226 cm³/mol. The second-order valence-electron chi connectivity index (χ2n) is 13.0. The van der Waals surface area contributed by atoms with Gasteiger partial charge in [0.25, 0.3) is 20.0 Å². The Hall–Kier alpha value is -7.30. The van der Waals surface area contributed by atoms with Gasteiger partial charge in [-0.15, -0.1) is 0 Å². The number of H-pyrrole nitrogens is 2. The molecule has 2 heterocycles. The number of fused-ring (bicyclic) bond motifs is 2. The number of amides is 2. The highest BCUT2D eigenvalue weighted by molar-refractivity contribution is 7.93. The Bertz CT molecular complexity index is 2770. The zero-order valence-electron chi connectivity index (χ0n) is 31.0. The maximum absolute atomic E-state index is 12.7. The molecule has 16 heteroatoms. The van der Waals surface area contributed by atoms with Crippen LogP contribution in [0.3, 0.4) is 0 Å². The van der Waals surface area contributed by atoms with Gasteiger partial charge in [-0.3, -0.25) is 29.2 Å². The zero-order chi connectivity index (χ0) is 40.9. The number of rotatable bonds is 10. The number of hydrogen-bond acceptors (Lipinski definition) is 8. The Morgan fingerprint density at radius 1 is 0.466 bits per heavy atom. The van der Waals surface area contributed by atoms with Gasteiger partial charge >= 0.3 is 0 Å². The fraction of sp³-hybridized carbons (Fsp3) is 0.0476. The van der Waals surface area contributed by atoms with Crippen LogP contribution in [-0.2, 0) is 29.6 Å². The minimum atomic E-state index is -3.78.